The van der Waals surface area contributed by atoms with E-state index in [0.717, 1.165) is 0 Å². The van der Waals surface area contributed by atoms with E-state index in [0.29, 0.717) is 21.1 Å². The largest absolute Gasteiger partial charge is 0.389 e. The third kappa shape index (κ3) is 3.04. The van der Waals surface area contributed by atoms with E-state index in [4.69, 9.17) is 23.2 Å². The summed E-state index contributed by atoms with van der Waals surface area (Å²) in [6.45, 7) is 0. The SMILES string of the molecule is FC(F)(F)CCc1nc2cc(Cl)c(Cl)cc2[nH]1. The van der Waals surface area contributed by atoms with Crippen LogP contribution in [-0.2, 0) is 6.42 Å². The predicted octanol–water partition coefficient (Wildman–Crippen LogP) is 4.36. The van der Waals surface area contributed by atoms with Crippen LogP contribution < -0.4 is 0 Å². The van der Waals surface area contributed by atoms with E-state index < -0.39 is 12.6 Å². The van der Waals surface area contributed by atoms with Crippen LogP contribution in [0.2, 0.25) is 10.0 Å². The number of aromatic amines is 1. The number of benzene rings is 1. The fourth-order valence-corrected chi connectivity index (χ4v) is 1.76. The minimum atomic E-state index is -4.19. The van der Waals surface area contributed by atoms with Gasteiger partial charge in [-0.3, -0.25) is 0 Å². The number of imidazole rings is 1. The summed E-state index contributed by atoms with van der Waals surface area (Å²) in [6.07, 6.45) is -5.28. The maximum atomic E-state index is 12.0. The zero-order valence-electron chi connectivity index (χ0n) is 8.41. The number of alkyl halides is 3. The molecule has 2 aromatic rings. The van der Waals surface area contributed by atoms with Crippen LogP contribution in [0.5, 0.6) is 0 Å². The molecule has 2 nitrogen and oxygen atoms in total. The Labute approximate surface area is 105 Å². The first-order valence-corrected chi connectivity index (χ1v) is 5.51. The summed E-state index contributed by atoms with van der Waals surface area (Å²) in [5.74, 6) is 0.274. The van der Waals surface area contributed by atoms with Crippen LogP contribution in [0.15, 0.2) is 12.1 Å². The first-order chi connectivity index (χ1) is 7.85. The lowest BCUT2D eigenvalue weighted by molar-refractivity contribution is -0.134. The predicted molar refractivity (Wildman–Crippen MR) is 60.5 cm³/mol. The summed E-state index contributed by atoms with van der Waals surface area (Å²) in [5, 5.41) is 0.665. The molecule has 0 fully saturated rings. The molecule has 0 saturated heterocycles. The molecule has 0 amide bonds. The minimum absolute atomic E-state index is 0.187. The van der Waals surface area contributed by atoms with Gasteiger partial charge < -0.3 is 4.98 Å². The Hall–Kier alpha value is -0.940. The smallest absolute Gasteiger partial charge is 0.342 e. The van der Waals surface area contributed by atoms with Crippen LogP contribution in [0.25, 0.3) is 11.0 Å². The van der Waals surface area contributed by atoms with Gasteiger partial charge in [-0.05, 0) is 12.1 Å². The summed E-state index contributed by atoms with van der Waals surface area (Å²) in [7, 11) is 0. The molecule has 7 heteroatoms. The van der Waals surface area contributed by atoms with Crippen LogP contribution in [0, 0.1) is 0 Å². The Kier molecular flexibility index (Phi) is 3.23. The maximum Gasteiger partial charge on any atom is 0.389 e. The fourth-order valence-electron chi connectivity index (χ4n) is 1.44. The van der Waals surface area contributed by atoms with Gasteiger partial charge in [0.15, 0.2) is 0 Å². The van der Waals surface area contributed by atoms with Gasteiger partial charge in [0.05, 0.1) is 27.5 Å². The van der Waals surface area contributed by atoms with Crippen molar-refractivity contribution in [2.45, 2.75) is 19.0 Å². The molecule has 0 spiro atoms. The number of rotatable bonds is 2. The number of nitrogens with one attached hydrogen (secondary N) is 1. The Bertz CT molecular complexity index is 509. The molecule has 0 unspecified atom stereocenters. The number of fused-ring (bicyclic) bond motifs is 1. The van der Waals surface area contributed by atoms with E-state index in [1.165, 1.54) is 6.07 Å². The zero-order chi connectivity index (χ0) is 12.6. The summed E-state index contributed by atoms with van der Waals surface area (Å²) < 4.78 is 36.1. The molecule has 0 radical (unpaired) electrons. The van der Waals surface area contributed by atoms with Gasteiger partial charge >= 0.3 is 6.18 Å². The minimum Gasteiger partial charge on any atom is -0.342 e. The van der Waals surface area contributed by atoms with Crippen molar-refractivity contribution in [2.24, 2.45) is 0 Å². The molecule has 0 aliphatic carbocycles. The third-order valence-electron chi connectivity index (χ3n) is 2.22. The molecule has 1 heterocycles. The van der Waals surface area contributed by atoms with Crippen molar-refractivity contribution in [3.05, 3.63) is 28.0 Å². The van der Waals surface area contributed by atoms with Crippen LogP contribution in [-0.4, -0.2) is 16.1 Å². The number of nitrogens with zero attached hydrogens (tertiary/aromatic N) is 1. The summed E-state index contributed by atoms with van der Waals surface area (Å²) in [4.78, 5) is 6.80. The summed E-state index contributed by atoms with van der Waals surface area (Å²) in [6, 6.07) is 3.07. The highest BCUT2D eigenvalue weighted by Crippen LogP contribution is 2.27. The Morgan fingerprint density at radius 3 is 2.47 bits per heavy atom. The second-order valence-corrected chi connectivity index (χ2v) is 4.40. The summed E-state index contributed by atoms with van der Waals surface area (Å²) in [5.41, 5.74) is 1.09. The highest BCUT2D eigenvalue weighted by Gasteiger charge is 2.27. The van der Waals surface area contributed by atoms with E-state index in [9.17, 15) is 13.2 Å². The average molecular weight is 283 g/mol. The Morgan fingerprint density at radius 2 is 1.82 bits per heavy atom. The average Bonchev–Trinajstić information content (AvgIpc) is 2.57. The highest BCUT2D eigenvalue weighted by molar-refractivity contribution is 6.42. The van der Waals surface area contributed by atoms with E-state index in [1.807, 2.05) is 0 Å². The van der Waals surface area contributed by atoms with Crippen molar-refractivity contribution in [1.82, 2.24) is 9.97 Å². The molecule has 1 aromatic heterocycles. The number of aryl methyl sites for hydroxylation is 1. The van der Waals surface area contributed by atoms with Crippen molar-refractivity contribution < 1.29 is 13.2 Å². The standard InChI is InChI=1S/C10H7Cl2F3N2/c11-5-3-7-8(4-6(5)12)17-9(16-7)1-2-10(13,14)15/h3-4H,1-2H2,(H,16,17). The van der Waals surface area contributed by atoms with Gasteiger partial charge in [-0.2, -0.15) is 13.2 Å². The van der Waals surface area contributed by atoms with Gasteiger partial charge in [-0.15, -0.1) is 0 Å². The van der Waals surface area contributed by atoms with Gasteiger partial charge in [-0.1, -0.05) is 23.2 Å². The Morgan fingerprint density at radius 1 is 1.18 bits per heavy atom. The van der Waals surface area contributed by atoms with E-state index in [1.54, 1.807) is 6.07 Å². The van der Waals surface area contributed by atoms with Crippen molar-refractivity contribution >= 4 is 34.2 Å². The molecule has 0 saturated carbocycles. The first-order valence-electron chi connectivity index (χ1n) is 4.75. The van der Waals surface area contributed by atoms with E-state index in [-0.39, 0.29) is 12.2 Å². The zero-order valence-corrected chi connectivity index (χ0v) is 9.92. The maximum absolute atomic E-state index is 12.0. The van der Waals surface area contributed by atoms with Crippen LogP contribution in [0.1, 0.15) is 12.2 Å². The summed E-state index contributed by atoms with van der Waals surface area (Å²) >= 11 is 11.6. The van der Waals surface area contributed by atoms with Crippen molar-refractivity contribution in [2.75, 3.05) is 0 Å². The monoisotopic (exact) mass is 282 g/mol. The second kappa shape index (κ2) is 4.38. The lowest BCUT2D eigenvalue weighted by Gasteiger charge is -2.02. The molecule has 1 aromatic carbocycles. The molecular weight excluding hydrogens is 276 g/mol. The lowest BCUT2D eigenvalue weighted by Crippen LogP contribution is -2.09. The fraction of sp³-hybridized carbons (Fsp3) is 0.300. The molecule has 17 heavy (non-hydrogen) atoms. The van der Waals surface area contributed by atoms with Gasteiger partial charge in [0.25, 0.3) is 0 Å². The second-order valence-electron chi connectivity index (χ2n) is 3.58. The van der Waals surface area contributed by atoms with Crippen molar-refractivity contribution in [3.8, 4) is 0 Å². The molecule has 92 valence electrons. The van der Waals surface area contributed by atoms with Crippen molar-refractivity contribution in [1.29, 1.82) is 0 Å². The van der Waals surface area contributed by atoms with Crippen LogP contribution in [0.4, 0.5) is 13.2 Å². The van der Waals surface area contributed by atoms with Gasteiger partial charge in [0.1, 0.15) is 5.82 Å². The molecule has 1 N–H and O–H groups in total. The van der Waals surface area contributed by atoms with E-state index in [2.05, 4.69) is 9.97 Å². The molecule has 0 aliphatic rings. The number of H-pyrrole nitrogens is 1. The lowest BCUT2D eigenvalue weighted by atomic mass is 10.3. The van der Waals surface area contributed by atoms with Crippen LogP contribution in [0.3, 0.4) is 0 Å². The van der Waals surface area contributed by atoms with E-state index >= 15 is 0 Å². The molecule has 0 atom stereocenters. The number of hydrogen-bond acceptors (Lipinski definition) is 1. The topological polar surface area (TPSA) is 28.7 Å². The van der Waals surface area contributed by atoms with Gasteiger partial charge in [0, 0.05) is 6.42 Å². The molecule has 2 rings (SSSR count). The van der Waals surface area contributed by atoms with Crippen LogP contribution >= 0.6 is 23.2 Å². The Balaban J connectivity index is 2.26. The van der Waals surface area contributed by atoms with Gasteiger partial charge in [-0.25, -0.2) is 4.98 Å². The van der Waals surface area contributed by atoms with Crippen molar-refractivity contribution in [3.63, 3.8) is 0 Å². The highest BCUT2D eigenvalue weighted by atomic mass is 35.5. The number of aromatic nitrogens is 2. The quantitative estimate of drug-likeness (QED) is 0.871. The van der Waals surface area contributed by atoms with Gasteiger partial charge in [0.2, 0.25) is 0 Å². The number of halogens is 5. The molecular formula is C10H7Cl2F3N2. The molecule has 0 bridgehead atoms. The normalized spacial score (nSPS) is 12.3. The third-order valence-corrected chi connectivity index (χ3v) is 2.94. The number of hydrogen-bond donors (Lipinski definition) is 1. The molecule has 0 aliphatic heterocycles. The first kappa shape index (κ1) is 12.5.